The van der Waals surface area contributed by atoms with Crippen molar-refractivity contribution in [1.29, 1.82) is 0 Å². The zero-order valence-electron chi connectivity index (χ0n) is 19.4. The van der Waals surface area contributed by atoms with Crippen molar-refractivity contribution in [3.05, 3.63) is 65.3 Å². The molecule has 1 saturated heterocycles. The predicted octanol–water partition coefficient (Wildman–Crippen LogP) is 5.62. The van der Waals surface area contributed by atoms with Crippen LogP contribution in [0.25, 0.3) is 11.3 Å². The average molecular weight is 478 g/mol. The Labute approximate surface area is 206 Å². The standard InChI is InChI=1S/C27H32ClN5O/c28-22-7-5-19(6-8-22)26-21(18-30-32-26)17-29-23-13-15-33(16-14-23)25-11-9-24(10-12-25)31-27(34)20-3-1-2-4-20/h5-12,18,20,23,29H,1-4,13-17H2,(H,30,32)(H,31,34). The fraction of sp³-hybridized carbons (Fsp3) is 0.407. The summed E-state index contributed by atoms with van der Waals surface area (Å²) < 4.78 is 0. The third kappa shape index (κ3) is 5.45. The molecule has 3 aromatic rings. The Balaban J connectivity index is 1.10. The van der Waals surface area contributed by atoms with E-state index in [1.54, 1.807) is 0 Å². The maximum Gasteiger partial charge on any atom is 0.227 e. The van der Waals surface area contributed by atoms with Gasteiger partial charge in [-0.3, -0.25) is 9.89 Å². The number of halogens is 1. The van der Waals surface area contributed by atoms with Crippen LogP contribution in [0, 0.1) is 5.92 Å². The van der Waals surface area contributed by atoms with E-state index in [4.69, 9.17) is 11.6 Å². The van der Waals surface area contributed by atoms with E-state index in [-0.39, 0.29) is 11.8 Å². The molecule has 0 radical (unpaired) electrons. The van der Waals surface area contributed by atoms with Crippen LogP contribution >= 0.6 is 11.6 Å². The number of carbonyl (C=O) groups is 1. The van der Waals surface area contributed by atoms with Crippen LogP contribution in [0.5, 0.6) is 0 Å². The number of piperidine rings is 1. The van der Waals surface area contributed by atoms with Crippen LogP contribution in [0.2, 0.25) is 5.02 Å². The Kier molecular flexibility index (Phi) is 7.16. The summed E-state index contributed by atoms with van der Waals surface area (Å²) in [6, 6.07) is 16.6. The number of hydrogen-bond donors (Lipinski definition) is 3. The number of nitrogens with zero attached hydrogens (tertiary/aromatic N) is 2. The molecule has 2 fully saturated rings. The molecule has 0 spiro atoms. The molecule has 3 N–H and O–H groups in total. The SMILES string of the molecule is O=C(Nc1ccc(N2CCC(NCc3cn[nH]c3-c3ccc(Cl)cc3)CC2)cc1)C1CCCC1. The van der Waals surface area contributed by atoms with Gasteiger partial charge in [0, 0.05) is 53.6 Å². The van der Waals surface area contributed by atoms with Crippen LogP contribution in [-0.2, 0) is 11.3 Å². The van der Waals surface area contributed by atoms with Gasteiger partial charge in [-0.05, 0) is 67.6 Å². The van der Waals surface area contributed by atoms with Crippen molar-refractivity contribution in [2.45, 2.75) is 51.1 Å². The molecular weight excluding hydrogens is 446 g/mol. The minimum atomic E-state index is 0.175. The molecule has 1 aliphatic carbocycles. The van der Waals surface area contributed by atoms with E-state index >= 15 is 0 Å². The van der Waals surface area contributed by atoms with E-state index in [1.807, 2.05) is 42.6 Å². The lowest BCUT2D eigenvalue weighted by Gasteiger charge is -2.34. The van der Waals surface area contributed by atoms with Crippen LogP contribution in [0.15, 0.2) is 54.7 Å². The van der Waals surface area contributed by atoms with Crippen LogP contribution in [-0.4, -0.2) is 35.2 Å². The second-order valence-electron chi connectivity index (χ2n) is 9.44. The first-order chi connectivity index (χ1) is 16.7. The molecule has 1 amide bonds. The summed E-state index contributed by atoms with van der Waals surface area (Å²) in [5, 5.41) is 14.9. The molecule has 6 nitrogen and oxygen atoms in total. The van der Waals surface area contributed by atoms with Gasteiger partial charge in [-0.2, -0.15) is 5.10 Å². The first-order valence-electron chi connectivity index (χ1n) is 12.3. The topological polar surface area (TPSA) is 73.1 Å². The Morgan fingerprint density at radius 2 is 1.71 bits per heavy atom. The van der Waals surface area contributed by atoms with Crippen molar-refractivity contribution < 1.29 is 4.79 Å². The summed E-state index contributed by atoms with van der Waals surface area (Å²) >= 11 is 6.02. The van der Waals surface area contributed by atoms with Crippen LogP contribution < -0.4 is 15.5 Å². The monoisotopic (exact) mass is 477 g/mol. The molecule has 0 atom stereocenters. The van der Waals surface area contributed by atoms with Crippen LogP contribution in [0.3, 0.4) is 0 Å². The number of amides is 1. The normalized spacial score (nSPS) is 17.3. The molecule has 1 aliphatic heterocycles. The molecule has 5 rings (SSSR count). The van der Waals surface area contributed by atoms with Gasteiger partial charge < -0.3 is 15.5 Å². The highest BCUT2D eigenvalue weighted by Crippen LogP contribution is 2.27. The summed E-state index contributed by atoms with van der Waals surface area (Å²) in [4.78, 5) is 14.8. The molecular formula is C27H32ClN5O. The Morgan fingerprint density at radius 3 is 2.41 bits per heavy atom. The van der Waals surface area contributed by atoms with Crippen molar-refractivity contribution in [2.75, 3.05) is 23.3 Å². The average Bonchev–Trinajstić information content (AvgIpc) is 3.57. The lowest BCUT2D eigenvalue weighted by molar-refractivity contribution is -0.119. The zero-order chi connectivity index (χ0) is 23.3. The minimum Gasteiger partial charge on any atom is -0.371 e. The van der Waals surface area contributed by atoms with Gasteiger partial charge in [0.1, 0.15) is 0 Å². The lowest BCUT2D eigenvalue weighted by atomic mass is 10.0. The van der Waals surface area contributed by atoms with Gasteiger partial charge in [-0.25, -0.2) is 0 Å². The van der Waals surface area contributed by atoms with Gasteiger partial charge >= 0.3 is 0 Å². The number of rotatable bonds is 7. The second-order valence-corrected chi connectivity index (χ2v) is 9.87. The van der Waals surface area contributed by atoms with Gasteiger partial charge in [0.25, 0.3) is 0 Å². The third-order valence-electron chi connectivity index (χ3n) is 7.15. The molecule has 1 aromatic heterocycles. The fourth-order valence-electron chi connectivity index (χ4n) is 5.10. The van der Waals surface area contributed by atoms with Gasteiger partial charge in [0.15, 0.2) is 0 Å². The number of aromatic amines is 1. The molecule has 0 unspecified atom stereocenters. The fourth-order valence-corrected chi connectivity index (χ4v) is 5.22. The number of aromatic nitrogens is 2. The smallest absolute Gasteiger partial charge is 0.227 e. The largest absolute Gasteiger partial charge is 0.371 e. The Bertz CT molecular complexity index is 1080. The van der Waals surface area contributed by atoms with Crippen molar-refractivity contribution >= 4 is 28.9 Å². The Hall–Kier alpha value is -2.83. The number of carbonyl (C=O) groups excluding carboxylic acids is 1. The maximum atomic E-state index is 12.4. The minimum absolute atomic E-state index is 0.175. The van der Waals surface area contributed by atoms with Crippen molar-refractivity contribution in [1.82, 2.24) is 15.5 Å². The first-order valence-corrected chi connectivity index (χ1v) is 12.7. The highest BCUT2D eigenvalue weighted by atomic mass is 35.5. The molecule has 1 saturated carbocycles. The van der Waals surface area contributed by atoms with Gasteiger partial charge in [-0.15, -0.1) is 0 Å². The molecule has 178 valence electrons. The number of benzene rings is 2. The van der Waals surface area contributed by atoms with E-state index in [0.717, 1.165) is 67.3 Å². The Morgan fingerprint density at radius 1 is 1.00 bits per heavy atom. The molecule has 2 aliphatic rings. The predicted molar refractivity (Wildman–Crippen MR) is 138 cm³/mol. The summed E-state index contributed by atoms with van der Waals surface area (Å²) in [5.74, 6) is 0.365. The number of hydrogen-bond acceptors (Lipinski definition) is 4. The number of nitrogens with one attached hydrogen (secondary N) is 3. The van der Waals surface area contributed by atoms with Crippen molar-refractivity contribution in [2.24, 2.45) is 5.92 Å². The molecule has 34 heavy (non-hydrogen) atoms. The first kappa shape index (κ1) is 22.9. The number of H-pyrrole nitrogens is 1. The maximum absolute atomic E-state index is 12.4. The van der Waals surface area contributed by atoms with Gasteiger partial charge in [0.05, 0.1) is 11.9 Å². The van der Waals surface area contributed by atoms with E-state index in [1.165, 1.54) is 24.1 Å². The summed E-state index contributed by atoms with van der Waals surface area (Å²) in [7, 11) is 0. The van der Waals surface area contributed by atoms with E-state index in [9.17, 15) is 4.79 Å². The van der Waals surface area contributed by atoms with Gasteiger partial charge in [0.2, 0.25) is 5.91 Å². The second kappa shape index (κ2) is 10.6. The van der Waals surface area contributed by atoms with E-state index < -0.39 is 0 Å². The number of anilines is 2. The zero-order valence-corrected chi connectivity index (χ0v) is 20.2. The summed E-state index contributed by atoms with van der Waals surface area (Å²) in [6.07, 6.45) is 8.48. The van der Waals surface area contributed by atoms with Crippen molar-refractivity contribution in [3.63, 3.8) is 0 Å². The third-order valence-corrected chi connectivity index (χ3v) is 7.40. The van der Waals surface area contributed by atoms with E-state index in [0.29, 0.717) is 6.04 Å². The highest BCUT2D eigenvalue weighted by Gasteiger charge is 2.23. The van der Waals surface area contributed by atoms with E-state index in [2.05, 4.69) is 37.9 Å². The van der Waals surface area contributed by atoms with Crippen LogP contribution in [0.4, 0.5) is 11.4 Å². The quantitative estimate of drug-likeness (QED) is 0.413. The molecule has 0 bridgehead atoms. The highest BCUT2D eigenvalue weighted by molar-refractivity contribution is 6.30. The molecule has 2 aromatic carbocycles. The molecule has 2 heterocycles. The van der Waals surface area contributed by atoms with Gasteiger partial charge in [-0.1, -0.05) is 36.6 Å². The van der Waals surface area contributed by atoms with Crippen LogP contribution in [0.1, 0.15) is 44.1 Å². The van der Waals surface area contributed by atoms with Crippen molar-refractivity contribution in [3.8, 4) is 11.3 Å². The molecule has 7 heteroatoms. The summed E-state index contributed by atoms with van der Waals surface area (Å²) in [6.45, 7) is 2.82. The lowest BCUT2D eigenvalue weighted by Crippen LogP contribution is -2.42. The summed E-state index contributed by atoms with van der Waals surface area (Å²) in [5.41, 5.74) is 5.42.